The molecule has 0 bridgehead atoms. The summed E-state index contributed by atoms with van der Waals surface area (Å²) in [7, 11) is 0. The molecule has 2 aromatic heterocycles. The average Bonchev–Trinajstić information content (AvgIpc) is 3.32. The van der Waals surface area contributed by atoms with Crippen molar-refractivity contribution in [3.05, 3.63) is 72.3 Å². The first-order valence-electron chi connectivity index (χ1n) is 8.31. The lowest BCUT2D eigenvalue weighted by Gasteiger charge is -2.14. The number of carbonyl (C=O) groups is 2. The Balaban J connectivity index is 1.61. The number of rotatable bonds is 7. The third-order valence-corrected chi connectivity index (χ3v) is 4.09. The molecular weight excluding hydrogens is 332 g/mol. The van der Waals surface area contributed by atoms with Gasteiger partial charge in [0.1, 0.15) is 0 Å². The van der Waals surface area contributed by atoms with E-state index >= 15 is 0 Å². The molecule has 1 aromatic carbocycles. The summed E-state index contributed by atoms with van der Waals surface area (Å²) in [6.45, 7) is 2.15. The van der Waals surface area contributed by atoms with Gasteiger partial charge in [-0.2, -0.15) is 5.10 Å². The number of carboxylic acid groups (broad SMARTS) is 1. The van der Waals surface area contributed by atoms with Crippen molar-refractivity contribution >= 4 is 11.9 Å². The van der Waals surface area contributed by atoms with Crippen molar-refractivity contribution in [1.29, 1.82) is 0 Å². The maximum Gasteiger partial charge on any atom is 0.305 e. The molecule has 7 heteroatoms. The van der Waals surface area contributed by atoms with E-state index in [4.69, 9.17) is 5.11 Å². The third-order valence-electron chi connectivity index (χ3n) is 4.09. The average molecular weight is 352 g/mol. The van der Waals surface area contributed by atoms with Gasteiger partial charge in [0.15, 0.2) is 0 Å². The second-order valence-electron chi connectivity index (χ2n) is 6.01. The zero-order chi connectivity index (χ0) is 18.5. The van der Waals surface area contributed by atoms with Crippen LogP contribution in [-0.2, 0) is 11.3 Å². The molecule has 0 radical (unpaired) electrons. The number of aliphatic carboxylic acids is 1. The molecule has 26 heavy (non-hydrogen) atoms. The second kappa shape index (κ2) is 7.69. The van der Waals surface area contributed by atoms with Gasteiger partial charge in [0, 0.05) is 24.3 Å². The van der Waals surface area contributed by atoms with Gasteiger partial charge in [-0.15, -0.1) is 0 Å². The van der Waals surface area contributed by atoms with Crippen molar-refractivity contribution in [3.8, 4) is 5.69 Å². The quantitative estimate of drug-likeness (QED) is 0.684. The SMILES string of the molecule is CC(NC(=O)c1cnn(CCC(=O)O)c1)c1ccc(-n2cccc2)cc1. The predicted molar refractivity (Wildman–Crippen MR) is 96.1 cm³/mol. The van der Waals surface area contributed by atoms with E-state index in [2.05, 4.69) is 10.4 Å². The van der Waals surface area contributed by atoms with Gasteiger partial charge in [0.25, 0.3) is 5.91 Å². The first-order valence-corrected chi connectivity index (χ1v) is 8.31. The highest BCUT2D eigenvalue weighted by Gasteiger charge is 2.13. The van der Waals surface area contributed by atoms with E-state index in [9.17, 15) is 9.59 Å². The topological polar surface area (TPSA) is 89.2 Å². The van der Waals surface area contributed by atoms with E-state index in [1.54, 1.807) is 6.20 Å². The van der Waals surface area contributed by atoms with Crippen molar-refractivity contribution in [2.45, 2.75) is 25.9 Å². The van der Waals surface area contributed by atoms with Gasteiger partial charge in [0.2, 0.25) is 0 Å². The highest BCUT2D eigenvalue weighted by molar-refractivity contribution is 5.93. The Morgan fingerprint density at radius 3 is 2.54 bits per heavy atom. The van der Waals surface area contributed by atoms with Gasteiger partial charge >= 0.3 is 5.97 Å². The zero-order valence-electron chi connectivity index (χ0n) is 14.4. The minimum absolute atomic E-state index is 0.0348. The Morgan fingerprint density at radius 1 is 1.19 bits per heavy atom. The van der Waals surface area contributed by atoms with E-state index in [1.807, 2.05) is 60.3 Å². The number of amides is 1. The van der Waals surface area contributed by atoms with E-state index in [0.29, 0.717) is 5.56 Å². The van der Waals surface area contributed by atoms with Crippen molar-refractivity contribution in [2.75, 3.05) is 0 Å². The molecule has 3 rings (SSSR count). The van der Waals surface area contributed by atoms with Gasteiger partial charge in [-0.1, -0.05) is 12.1 Å². The summed E-state index contributed by atoms with van der Waals surface area (Å²) < 4.78 is 3.47. The van der Waals surface area contributed by atoms with Gasteiger partial charge in [-0.05, 0) is 36.8 Å². The van der Waals surface area contributed by atoms with Gasteiger partial charge in [0.05, 0.1) is 30.8 Å². The standard InChI is InChI=1S/C19H20N4O3/c1-14(15-4-6-17(7-5-15)22-9-2-3-10-22)21-19(26)16-12-20-23(13-16)11-8-18(24)25/h2-7,9-10,12-14H,8,11H2,1H3,(H,21,26)(H,24,25). The van der Waals surface area contributed by atoms with Crippen LogP contribution in [0.3, 0.4) is 0 Å². The molecule has 1 amide bonds. The van der Waals surface area contributed by atoms with Crippen molar-refractivity contribution < 1.29 is 14.7 Å². The maximum atomic E-state index is 12.3. The van der Waals surface area contributed by atoms with Gasteiger partial charge in [-0.25, -0.2) is 0 Å². The summed E-state index contributed by atoms with van der Waals surface area (Å²) >= 11 is 0. The minimum Gasteiger partial charge on any atom is -0.481 e. The lowest BCUT2D eigenvalue weighted by Crippen LogP contribution is -2.26. The molecule has 0 aliphatic carbocycles. The van der Waals surface area contributed by atoms with Crippen LogP contribution >= 0.6 is 0 Å². The van der Waals surface area contributed by atoms with Gasteiger partial charge < -0.3 is 15.0 Å². The van der Waals surface area contributed by atoms with Crippen LogP contribution < -0.4 is 5.32 Å². The molecule has 2 N–H and O–H groups in total. The molecule has 1 unspecified atom stereocenters. The first-order chi connectivity index (χ1) is 12.5. The molecule has 134 valence electrons. The Kier molecular flexibility index (Phi) is 5.17. The van der Waals surface area contributed by atoms with E-state index in [1.165, 1.54) is 10.9 Å². The molecular formula is C19H20N4O3. The van der Waals surface area contributed by atoms with Crippen LogP contribution in [-0.4, -0.2) is 31.3 Å². The van der Waals surface area contributed by atoms with Crippen LogP contribution in [0, 0.1) is 0 Å². The Labute approximate surface area is 150 Å². The van der Waals surface area contributed by atoms with E-state index in [-0.39, 0.29) is 24.9 Å². The number of nitrogens with zero attached hydrogens (tertiary/aromatic N) is 3. The number of aromatic nitrogens is 3. The number of aryl methyl sites for hydroxylation is 1. The molecule has 0 saturated heterocycles. The second-order valence-corrected chi connectivity index (χ2v) is 6.01. The van der Waals surface area contributed by atoms with Crippen LogP contribution in [0.4, 0.5) is 0 Å². The lowest BCUT2D eigenvalue weighted by atomic mass is 10.1. The fraction of sp³-hybridized carbons (Fsp3) is 0.211. The highest BCUT2D eigenvalue weighted by Crippen LogP contribution is 2.16. The number of benzene rings is 1. The number of nitrogens with one attached hydrogen (secondary N) is 1. The molecule has 0 aliphatic heterocycles. The molecule has 1 atom stereocenters. The van der Waals surface area contributed by atoms with Crippen LogP contribution in [0.25, 0.3) is 5.69 Å². The predicted octanol–water partition coefficient (Wildman–Crippen LogP) is 2.64. The van der Waals surface area contributed by atoms with Crippen LogP contribution in [0.2, 0.25) is 0 Å². The summed E-state index contributed by atoms with van der Waals surface area (Å²) in [4.78, 5) is 22.9. The Morgan fingerprint density at radius 2 is 1.88 bits per heavy atom. The molecule has 0 spiro atoms. The van der Waals surface area contributed by atoms with E-state index < -0.39 is 5.97 Å². The summed E-state index contributed by atoms with van der Waals surface area (Å²) in [5, 5.41) is 15.6. The molecule has 0 saturated carbocycles. The Hall–Kier alpha value is -3.35. The fourth-order valence-electron chi connectivity index (χ4n) is 2.62. The number of carbonyl (C=O) groups excluding carboxylic acids is 1. The van der Waals surface area contributed by atoms with Crippen molar-refractivity contribution in [1.82, 2.24) is 19.7 Å². The lowest BCUT2D eigenvalue weighted by molar-refractivity contribution is -0.137. The monoisotopic (exact) mass is 352 g/mol. The normalized spacial score (nSPS) is 11.9. The van der Waals surface area contributed by atoms with Crippen molar-refractivity contribution in [3.63, 3.8) is 0 Å². The Bertz CT molecular complexity index is 882. The van der Waals surface area contributed by atoms with Gasteiger partial charge in [-0.3, -0.25) is 14.3 Å². The summed E-state index contributed by atoms with van der Waals surface area (Å²) in [5.74, 6) is -1.14. The first kappa shape index (κ1) is 17.5. The summed E-state index contributed by atoms with van der Waals surface area (Å²) in [6, 6.07) is 11.7. The minimum atomic E-state index is -0.900. The summed E-state index contributed by atoms with van der Waals surface area (Å²) in [6.07, 6.45) is 6.91. The summed E-state index contributed by atoms with van der Waals surface area (Å²) in [5.41, 5.74) is 2.45. The zero-order valence-corrected chi connectivity index (χ0v) is 14.4. The fourth-order valence-corrected chi connectivity index (χ4v) is 2.62. The smallest absolute Gasteiger partial charge is 0.305 e. The molecule has 2 heterocycles. The van der Waals surface area contributed by atoms with Crippen molar-refractivity contribution in [2.24, 2.45) is 0 Å². The van der Waals surface area contributed by atoms with Crippen LogP contribution in [0.1, 0.15) is 35.3 Å². The molecule has 7 nitrogen and oxygen atoms in total. The number of hydrogen-bond donors (Lipinski definition) is 2. The maximum absolute atomic E-state index is 12.3. The number of hydrogen-bond acceptors (Lipinski definition) is 3. The largest absolute Gasteiger partial charge is 0.481 e. The third kappa shape index (κ3) is 4.18. The molecule has 3 aromatic rings. The van der Waals surface area contributed by atoms with Crippen LogP contribution in [0.15, 0.2) is 61.2 Å². The highest BCUT2D eigenvalue weighted by atomic mass is 16.4. The van der Waals surface area contributed by atoms with E-state index in [0.717, 1.165) is 11.3 Å². The molecule has 0 fully saturated rings. The molecule has 0 aliphatic rings. The van der Waals surface area contributed by atoms with Crippen LogP contribution in [0.5, 0.6) is 0 Å². The number of carboxylic acids is 1.